The van der Waals surface area contributed by atoms with Crippen LogP contribution < -0.4 is 10.5 Å². The molecule has 7 heteroatoms. The van der Waals surface area contributed by atoms with Crippen molar-refractivity contribution in [1.82, 2.24) is 14.8 Å². The minimum atomic E-state index is -0.541. The van der Waals surface area contributed by atoms with Crippen LogP contribution in [0.4, 0.5) is 0 Å². The van der Waals surface area contributed by atoms with Gasteiger partial charge in [-0.25, -0.2) is 0 Å². The number of fused-ring (bicyclic) bond motifs is 3. The van der Waals surface area contributed by atoms with Crippen LogP contribution in [0.3, 0.4) is 0 Å². The lowest BCUT2D eigenvalue weighted by molar-refractivity contribution is -0.118. The van der Waals surface area contributed by atoms with Crippen LogP contribution in [0.2, 0.25) is 0 Å². The number of hydrogen-bond donors (Lipinski definition) is 1. The van der Waals surface area contributed by atoms with Gasteiger partial charge in [-0.15, -0.1) is 10.2 Å². The molecule has 1 aliphatic rings. The normalized spacial score (nSPS) is 15.0. The van der Waals surface area contributed by atoms with E-state index in [1.807, 2.05) is 54.0 Å². The number of nitrogens with two attached hydrogens (primary N) is 1. The Bertz CT molecular complexity index is 1130. The topological polar surface area (TPSA) is 95.4 Å². The Morgan fingerprint density at radius 2 is 2.00 bits per heavy atom. The molecule has 29 heavy (non-hydrogen) atoms. The molecule has 1 amide bonds. The number of aryl methyl sites for hydroxylation is 1. The molecule has 2 N–H and O–H groups in total. The monoisotopic (exact) mass is 387 g/mol. The number of benzene rings is 2. The van der Waals surface area contributed by atoms with E-state index in [0.29, 0.717) is 17.4 Å². The maximum atomic E-state index is 11.8. The molecule has 0 radical (unpaired) electrons. The van der Waals surface area contributed by atoms with E-state index >= 15 is 0 Å². The molecule has 3 aromatic rings. The smallest absolute Gasteiger partial charge is 0.220 e. The third-order valence-corrected chi connectivity index (χ3v) is 4.95. The van der Waals surface area contributed by atoms with Crippen LogP contribution >= 0.6 is 0 Å². The Kier molecular flexibility index (Phi) is 4.72. The van der Waals surface area contributed by atoms with Gasteiger partial charge in [-0.05, 0) is 30.7 Å². The number of ether oxygens (including phenoxy) is 1. The van der Waals surface area contributed by atoms with Gasteiger partial charge in [-0.3, -0.25) is 14.4 Å². The fraction of sp³-hybridized carbons (Fsp3) is 0.182. The highest BCUT2D eigenvalue weighted by Gasteiger charge is 2.29. The summed E-state index contributed by atoms with van der Waals surface area (Å²) in [6.45, 7) is 5.68. The summed E-state index contributed by atoms with van der Waals surface area (Å²) >= 11 is 0. The number of carbonyl (C=O) groups is 1. The second-order valence-corrected chi connectivity index (χ2v) is 6.81. The standard InChI is InChI=1S/C22H21N5O2/c1-4-14-5-7-15(8-6-14)21-17-11-16(29-3)9-10-19(17)27-13(2)25-26-22(27)18(24-21)12-20(23)28/h4-11,18H,1,12H2,2-3H3,(H2,23,28). The molecular formula is C22H21N5O2. The SMILES string of the molecule is C=Cc1ccc(C2=NC(CC(N)=O)c3nnc(C)n3-c3ccc(OC)cc32)cc1. The van der Waals surface area contributed by atoms with Crippen LogP contribution in [0, 0.1) is 6.92 Å². The summed E-state index contributed by atoms with van der Waals surface area (Å²) in [4.78, 5) is 16.7. The van der Waals surface area contributed by atoms with Crippen LogP contribution in [-0.4, -0.2) is 33.5 Å². The van der Waals surface area contributed by atoms with E-state index in [9.17, 15) is 4.79 Å². The van der Waals surface area contributed by atoms with E-state index in [0.717, 1.165) is 28.1 Å². The van der Waals surface area contributed by atoms with Crippen LogP contribution in [0.5, 0.6) is 5.75 Å². The van der Waals surface area contributed by atoms with Gasteiger partial charge in [0.15, 0.2) is 5.82 Å². The highest BCUT2D eigenvalue weighted by atomic mass is 16.5. The summed E-state index contributed by atoms with van der Waals surface area (Å²) in [7, 11) is 1.62. The van der Waals surface area contributed by atoms with Crippen molar-refractivity contribution in [2.24, 2.45) is 10.7 Å². The fourth-order valence-electron chi connectivity index (χ4n) is 3.54. The van der Waals surface area contributed by atoms with Gasteiger partial charge < -0.3 is 10.5 Å². The number of aromatic nitrogens is 3. The van der Waals surface area contributed by atoms with Crippen LogP contribution in [0.15, 0.2) is 54.0 Å². The van der Waals surface area contributed by atoms with Crippen molar-refractivity contribution in [3.8, 4) is 11.4 Å². The molecule has 1 atom stereocenters. The Morgan fingerprint density at radius 1 is 1.24 bits per heavy atom. The van der Waals surface area contributed by atoms with Crippen LogP contribution in [-0.2, 0) is 4.79 Å². The molecule has 1 aromatic heterocycles. The summed E-state index contributed by atoms with van der Waals surface area (Å²) < 4.78 is 7.38. The number of rotatable bonds is 5. The molecule has 2 aromatic carbocycles. The number of methoxy groups -OCH3 is 1. The van der Waals surface area contributed by atoms with Gasteiger partial charge in [0, 0.05) is 11.1 Å². The Balaban J connectivity index is 2.00. The largest absolute Gasteiger partial charge is 0.497 e. The zero-order valence-corrected chi connectivity index (χ0v) is 16.3. The molecule has 0 spiro atoms. The van der Waals surface area contributed by atoms with Gasteiger partial charge in [0.25, 0.3) is 0 Å². The molecular weight excluding hydrogens is 366 g/mol. The van der Waals surface area contributed by atoms with Gasteiger partial charge in [0.05, 0.1) is 24.9 Å². The summed E-state index contributed by atoms with van der Waals surface area (Å²) in [6, 6.07) is 13.2. The lowest BCUT2D eigenvalue weighted by atomic mass is 9.99. The van der Waals surface area contributed by atoms with E-state index in [4.69, 9.17) is 15.5 Å². The predicted octanol–water partition coefficient (Wildman–Crippen LogP) is 2.99. The number of nitrogens with zero attached hydrogens (tertiary/aromatic N) is 4. The van der Waals surface area contributed by atoms with Crippen molar-refractivity contribution in [2.75, 3.05) is 7.11 Å². The van der Waals surface area contributed by atoms with E-state index < -0.39 is 11.9 Å². The van der Waals surface area contributed by atoms with E-state index in [1.165, 1.54) is 0 Å². The number of primary amides is 1. The first kappa shape index (κ1) is 18.6. The van der Waals surface area contributed by atoms with Crippen LogP contribution in [0.1, 0.15) is 40.8 Å². The molecule has 1 aliphatic heterocycles. The minimum absolute atomic E-state index is 0.0392. The number of aliphatic imine (C=N–C) groups is 1. The molecule has 0 bridgehead atoms. The zero-order chi connectivity index (χ0) is 20.5. The molecule has 146 valence electrons. The second-order valence-electron chi connectivity index (χ2n) is 6.81. The molecule has 0 fully saturated rings. The maximum absolute atomic E-state index is 11.8. The second kappa shape index (κ2) is 7.35. The average molecular weight is 387 g/mol. The number of hydrogen-bond acceptors (Lipinski definition) is 5. The van der Waals surface area contributed by atoms with Gasteiger partial charge in [-0.2, -0.15) is 0 Å². The van der Waals surface area contributed by atoms with Crippen molar-refractivity contribution >= 4 is 17.7 Å². The van der Waals surface area contributed by atoms with Crippen molar-refractivity contribution in [3.05, 3.63) is 77.4 Å². The van der Waals surface area contributed by atoms with Crippen molar-refractivity contribution in [1.29, 1.82) is 0 Å². The first-order valence-corrected chi connectivity index (χ1v) is 9.21. The van der Waals surface area contributed by atoms with Gasteiger partial charge in [0.1, 0.15) is 17.6 Å². The van der Waals surface area contributed by atoms with E-state index in [1.54, 1.807) is 13.2 Å². The third kappa shape index (κ3) is 3.31. The van der Waals surface area contributed by atoms with Crippen LogP contribution in [0.25, 0.3) is 11.8 Å². The van der Waals surface area contributed by atoms with E-state index in [2.05, 4.69) is 16.8 Å². The van der Waals surface area contributed by atoms with E-state index in [-0.39, 0.29) is 6.42 Å². The van der Waals surface area contributed by atoms with Gasteiger partial charge in [0.2, 0.25) is 5.91 Å². The van der Waals surface area contributed by atoms with Gasteiger partial charge >= 0.3 is 0 Å². The summed E-state index contributed by atoms with van der Waals surface area (Å²) in [6.07, 6.45) is 1.83. The molecule has 0 aliphatic carbocycles. The van der Waals surface area contributed by atoms with Crippen molar-refractivity contribution < 1.29 is 9.53 Å². The lowest BCUT2D eigenvalue weighted by Crippen LogP contribution is -2.17. The third-order valence-electron chi connectivity index (χ3n) is 4.95. The zero-order valence-electron chi connectivity index (χ0n) is 16.3. The Hall–Kier alpha value is -3.74. The first-order valence-electron chi connectivity index (χ1n) is 9.21. The summed E-state index contributed by atoms with van der Waals surface area (Å²) in [5.41, 5.74) is 9.92. The quantitative estimate of drug-likeness (QED) is 0.728. The highest BCUT2D eigenvalue weighted by Crippen LogP contribution is 2.34. The Morgan fingerprint density at radius 3 is 2.66 bits per heavy atom. The molecule has 0 saturated carbocycles. The molecule has 2 heterocycles. The van der Waals surface area contributed by atoms with Crippen molar-refractivity contribution in [2.45, 2.75) is 19.4 Å². The number of carbonyl (C=O) groups excluding carboxylic acids is 1. The molecule has 7 nitrogen and oxygen atoms in total. The highest BCUT2D eigenvalue weighted by molar-refractivity contribution is 6.15. The first-order chi connectivity index (χ1) is 14.0. The van der Waals surface area contributed by atoms with Crippen molar-refractivity contribution in [3.63, 3.8) is 0 Å². The average Bonchev–Trinajstić information content (AvgIpc) is 3.05. The Labute approximate surface area is 168 Å². The predicted molar refractivity (Wildman–Crippen MR) is 111 cm³/mol. The van der Waals surface area contributed by atoms with Gasteiger partial charge in [-0.1, -0.05) is 36.9 Å². The minimum Gasteiger partial charge on any atom is -0.497 e. The molecule has 4 rings (SSSR count). The number of amides is 1. The maximum Gasteiger partial charge on any atom is 0.220 e. The molecule has 1 unspecified atom stereocenters. The fourth-order valence-corrected chi connectivity index (χ4v) is 3.54. The summed E-state index contributed by atoms with van der Waals surface area (Å²) in [5, 5.41) is 8.51. The molecule has 0 saturated heterocycles. The summed E-state index contributed by atoms with van der Waals surface area (Å²) in [5.74, 6) is 1.56. The lowest BCUT2D eigenvalue weighted by Gasteiger charge is -2.14.